The van der Waals surface area contributed by atoms with Crippen molar-refractivity contribution < 1.29 is 19.2 Å². The normalized spacial score (nSPS) is 10.3. The summed E-state index contributed by atoms with van der Waals surface area (Å²) in [6.07, 6.45) is 0.399. The number of methoxy groups -OCH3 is 1. The fourth-order valence-corrected chi connectivity index (χ4v) is 1.79. The quantitative estimate of drug-likeness (QED) is 0.897. The lowest BCUT2D eigenvalue weighted by molar-refractivity contribution is 0.0694. The van der Waals surface area contributed by atoms with E-state index >= 15 is 0 Å². The highest BCUT2D eigenvalue weighted by atomic mass is 16.5. The zero-order valence-electron chi connectivity index (χ0n) is 10.1. The average Bonchev–Trinajstić information content (AvgIpc) is 2.70. The highest BCUT2D eigenvalue weighted by Crippen LogP contribution is 2.19. The number of ether oxygens (including phenoxy) is 1. The molecular weight excluding hydrogens is 234 g/mol. The topological polar surface area (TPSA) is 72.6 Å². The number of hydrogen-bond donors (Lipinski definition) is 1. The Balaban J connectivity index is 2.31. The molecule has 2 aromatic rings. The van der Waals surface area contributed by atoms with Crippen LogP contribution in [0.25, 0.3) is 0 Å². The van der Waals surface area contributed by atoms with Gasteiger partial charge >= 0.3 is 5.97 Å². The number of nitrogens with zero attached hydrogens (tertiary/aromatic N) is 1. The number of carboxylic acid groups (broad SMARTS) is 1. The SMILES string of the molecule is COc1cccc(Cc2noc(C)c2C(=O)O)c1. The minimum atomic E-state index is -1.02. The minimum Gasteiger partial charge on any atom is -0.497 e. The van der Waals surface area contributed by atoms with E-state index in [4.69, 9.17) is 14.4 Å². The zero-order chi connectivity index (χ0) is 13.1. The van der Waals surface area contributed by atoms with Crippen LogP contribution in [0.15, 0.2) is 28.8 Å². The van der Waals surface area contributed by atoms with E-state index in [1.165, 1.54) is 0 Å². The molecule has 0 spiro atoms. The van der Waals surface area contributed by atoms with Crippen LogP contribution in [0.3, 0.4) is 0 Å². The lowest BCUT2D eigenvalue weighted by atomic mass is 10.1. The fourth-order valence-electron chi connectivity index (χ4n) is 1.79. The highest BCUT2D eigenvalue weighted by Gasteiger charge is 2.19. The minimum absolute atomic E-state index is 0.137. The van der Waals surface area contributed by atoms with Crippen LogP contribution < -0.4 is 4.74 Å². The van der Waals surface area contributed by atoms with Gasteiger partial charge < -0.3 is 14.4 Å². The number of hydrogen-bond acceptors (Lipinski definition) is 4. The highest BCUT2D eigenvalue weighted by molar-refractivity contribution is 5.89. The second-order valence-corrected chi connectivity index (χ2v) is 3.89. The second kappa shape index (κ2) is 4.91. The van der Waals surface area contributed by atoms with Crippen LogP contribution in [-0.4, -0.2) is 23.3 Å². The summed E-state index contributed by atoms with van der Waals surface area (Å²) in [6, 6.07) is 7.41. The first kappa shape index (κ1) is 12.2. The molecule has 0 bridgehead atoms. The number of aromatic carboxylic acids is 1. The smallest absolute Gasteiger partial charge is 0.341 e. The molecule has 5 heteroatoms. The number of aromatic nitrogens is 1. The Labute approximate surface area is 104 Å². The molecule has 18 heavy (non-hydrogen) atoms. The Morgan fingerprint density at radius 2 is 2.28 bits per heavy atom. The van der Waals surface area contributed by atoms with E-state index in [9.17, 15) is 4.79 Å². The Hall–Kier alpha value is -2.30. The van der Waals surface area contributed by atoms with Crippen LogP contribution in [0.1, 0.15) is 27.4 Å². The first-order valence-corrected chi connectivity index (χ1v) is 5.43. The number of rotatable bonds is 4. The van der Waals surface area contributed by atoms with Crippen LogP contribution in [0.4, 0.5) is 0 Å². The molecule has 0 radical (unpaired) electrons. The molecular formula is C13H13NO4. The Bertz CT molecular complexity index is 574. The second-order valence-electron chi connectivity index (χ2n) is 3.89. The summed E-state index contributed by atoms with van der Waals surface area (Å²) in [5, 5.41) is 12.9. The van der Waals surface area contributed by atoms with Crippen molar-refractivity contribution in [1.29, 1.82) is 0 Å². The van der Waals surface area contributed by atoms with Crippen LogP contribution in [0.5, 0.6) is 5.75 Å². The molecule has 0 fully saturated rings. The lowest BCUT2D eigenvalue weighted by Gasteiger charge is -2.03. The van der Waals surface area contributed by atoms with Crippen molar-refractivity contribution in [2.75, 3.05) is 7.11 Å². The number of carbonyl (C=O) groups is 1. The Kier molecular flexibility index (Phi) is 3.32. The number of aryl methyl sites for hydroxylation is 1. The Morgan fingerprint density at radius 1 is 1.50 bits per heavy atom. The van der Waals surface area contributed by atoms with Crippen molar-refractivity contribution in [2.24, 2.45) is 0 Å². The van der Waals surface area contributed by atoms with Gasteiger partial charge in [-0.05, 0) is 24.6 Å². The molecule has 1 heterocycles. The largest absolute Gasteiger partial charge is 0.497 e. The average molecular weight is 247 g/mol. The molecule has 5 nitrogen and oxygen atoms in total. The van der Waals surface area contributed by atoms with Gasteiger partial charge in [-0.25, -0.2) is 4.79 Å². The summed E-state index contributed by atoms with van der Waals surface area (Å²) < 4.78 is 10.0. The number of benzene rings is 1. The maximum atomic E-state index is 11.1. The first-order valence-electron chi connectivity index (χ1n) is 5.43. The summed E-state index contributed by atoms with van der Waals surface area (Å²) >= 11 is 0. The fraction of sp³-hybridized carbons (Fsp3) is 0.231. The summed E-state index contributed by atoms with van der Waals surface area (Å²) in [6.45, 7) is 1.59. The van der Waals surface area contributed by atoms with Crippen molar-refractivity contribution in [3.63, 3.8) is 0 Å². The van der Waals surface area contributed by atoms with E-state index in [0.717, 1.165) is 11.3 Å². The molecule has 0 unspecified atom stereocenters. The van der Waals surface area contributed by atoms with Crippen molar-refractivity contribution >= 4 is 5.97 Å². The van der Waals surface area contributed by atoms with E-state index in [1.54, 1.807) is 14.0 Å². The van der Waals surface area contributed by atoms with Gasteiger partial charge in [0, 0.05) is 6.42 Å². The van der Waals surface area contributed by atoms with Crippen LogP contribution in [0, 0.1) is 6.92 Å². The lowest BCUT2D eigenvalue weighted by Crippen LogP contribution is -2.02. The van der Waals surface area contributed by atoms with E-state index in [-0.39, 0.29) is 5.56 Å². The molecule has 94 valence electrons. The molecule has 1 aromatic carbocycles. The molecule has 1 aromatic heterocycles. The Morgan fingerprint density at radius 3 is 2.94 bits per heavy atom. The molecule has 2 rings (SSSR count). The molecule has 0 atom stereocenters. The zero-order valence-corrected chi connectivity index (χ0v) is 10.1. The van der Waals surface area contributed by atoms with Crippen LogP contribution >= 0.6 is 0 Å². The van der Waals surface area contributed by atoms with Crippen LogP contribution in [-0.2, 0) is 6.42 Å². The third-order valence-corrected chi connectivity index (χ3v) is 2.65. The molecule has 0 aliphatic heterocycles. The van der Waals surface area contributed by atoms with Gasteiger partial charge in [-0.2, -0.15) is 0 Å². The van der Waals surface area contributed by atoms with Crippen molar-refractivity contribution in [3.05, 3.63) is 46.8 Å². The maximum absolute atomic E-state index is 11.1. The van der Waals surface area contributed by atoms with Crippen LogP contribution in [0.2, 0.25) is 0 Å². The van der Waals surface area contributed by atoms with Gasteiger partial charge in [0.25, 0.3) is 0 Å². The van der Waals surface area contributed by atoms with Crippen molar-refractivity contribution in [1.82, 2.24) is 5.16 Å². The summed E-state index contributed by atoms with van der Waals surface area (Å²) in [7, 11) is 1.59. The van der Waals surface area contributed by atoms with E-state index in [0.29, 0.717) is 17.9 Å². The predicted octanol–water partition coefficient (Wildman–Crippen LogP) is 2.28. The molecule has 1 N–H and O–H groups in total. The summed E-state index contributed by atoms with van der Waals surface area (Å²) in [5.74, 6) is 0.0247. The molecule has 0 aliphatic carbocycles. The third-order valence-electron chi connectivity index (χ3n) is 2.65. The van der Waals surface area contributed by atoms with E-state index < -0.39 is 5.97 Å². The van der Waals surface area contributed by atoms with E-state index in [1.807, 2.05) is 24.3 Å². The maximum Gasteiger partial charge on any atom is 0.341 e. The van der Waals surface area contributed by atoms with Gasteiger partial charge in [0.15, 0.2) is 0 Å². The van der Waals surface area contributed by atoms with E-state index in [2.05, 4.69) is 5.16 Å². The van der Waals surface area contributed by atoms with Gasteiger partial charge in [-0.3, -0.25) is 0 Å². The third kappa shape index (κ3) is 2.34. The monoisotopic (exact) mass is 247 g/mol. The summed E-state index contributed by atoms with van der Waals surface area (Å²) in [5.41, 5.74) is 1.48. The van der Waals surface area contributed by atoms with Gasteiger partial charge in [0.05, 0.1) is 7.11 Å². The first-order chi connectivity index (χ1) is 8.61. The molecule has 0 aliphatic rings. The predicted molar refractivity (Wildman–Crippen MR) is 64.0 cm³/mol. The number of carboxylic acids is 1. The summed E-state index contributed by atoms with van der Waals surface area (Å²) in [4.78, 5) is 11.1. The van der Waals surface area contributed by atoms with Crippen molar-refractivity contribution in [2.45, 2.75) is 13.3 Å². The molecule has 0 saturated carbocycles. The van der Waals surface area contributed by atoms with Gasteiger partial charge in [0.2, 0.25) is 0 Å². The van der Waals surface area contributed by atoms with Gasteiger partial charge in [-0.1, -0.05) is 17.3 Å². The van der Waals surface area contributed by atoms with Crippen molar-refractivity contribution in [3.8, 4) is 5.75 Å². The van der Waals surface area contributed by atoms with Gasteiger partial charge in [0.1, 0.15) is 22.8 Å². The molecule has 0 amide bonds. The standard InChI is InChI=1S/C13H13NO4/c1-8-12(13(15)16)11(14-18-8)7-9-4-3-5-10(6-9)17-2/h3-6H,7H2,1-2H3,(H,15,16). The molecule has 0 saturated heterocycles. The van der Waals surface area contributed by atoms with Gasteiger partial charge in [-0.15, -0.1) is 0 Å².